The Labute approximate surface area is 110 Å². The second-order valence-electron chi connectivity index (χ2n) is 2.80. The van der Waals surface area contributed by atoms with E-state index in [-0.39, 0.29) is 12.4 Å². The van der Waals surface area contributed by atoms with E-state index >= 15 is 0 Å². The van der Waals surface area contributed by atoms with Crippen molar-refractivity contribution in [2.45, 2.75) is 13.3 Å². The van der Waals surface area contributed by atoms with Gasteiger partial charge in [0.05, 0.1) is 18.1 Å². The van der Waals surface area contributed by atoms with Gasteiger partial charge in [0.2, 0.25) is 0 Å². The number of halogens is 3. The second-order valence-corrected chi connectivity index (χ2v) is 4.89. The summed E-state index contributed by atoms with van der Waals surface area (Å²) in [5.74, 6) is -0.279. The van der Waals surface area contributed by atoms with E-state index in [1.807, 2.05) is 12.1 Å². The van der Waals surface area contributed by atoms with Crippen molar-refractivity contribution < 1.29 is 9.53 Å². The van der Waals surface area contributed by atoms with Gasteiger partial charge in [-0.1, -0.05) is 27.5 Å². The summed E-state index contributed by atoms with van der Waals surface area (Å²) in [7, 11) is 0. The van der Waals surface area contributed by atoms with Crippen LogP contribution >= 0.6 is 43.5 Å². The van der Waals surface area contributed by atoms with E-state index in [0.29, 0.717) is 11.6 Å². The molecule has 0 fully saturated rings. The summed E-state index contributed by atoms with van der Waals surface area (Å²) < 4.78 is 6.44. The molecule has 0 saturated carbocycles. The molecule has 1 aromatic rings. The van der Waals surface area contributed by atoms with Crippen molar-refractivity contribution in [3.05, 3.63) is 31.7 Å². The first-order chi connectivity index (χ1) is 7.06. The van der Waals surface area contributed by atoms with Gasteiger partial charge in [-0.05, 0) is 40.5 Å². The van der Waals surface area contributed by atoms with Crippen molar-refractivity contribution in [1.82, 2.24) is 0 Å². The van der Waals surface area contributed by atoms with E-state index in [1.54, 1.807) is 6.92 Å². The van der Waals surface area contributed by atoms with Gasteiger partial charge in [-0.3, -0.25) is 4.79 Å². The molecule has 0 N–H and O–H groups in total. The van der Waals surface area contributed by atoms with Gasteiger partial charge in [0.1, 0.15) is 0 Å². The molecule has 82 valence electrons. The molecule has 0 heterocycles. The third-order valence-corrected chi connectivity index (χ3v) is 3.83. The highest BCUT2D eigenvalue weighted by atomic mass is 79.9. The average Bonchev–Trinajstić information content (AvgIpc) is 2.19. The highest BCUT2D eigenvalue weighted by Crippen LogP contribution is 2.32. The summed E-state index contributed by atoms with van der Waals surface area (Å²) in [5.41, 5.74) is 0.740. The minimum Gasteiger partial charge on any atom is -0.466 e. The molecule has 0 aromatic heterocycles. The van der Waals surface area contributed by atoms with Crippen LogP contribution in [0.1, 0.15) is 12.5 Å². The fourth-order valence-electron chi connectivity index (χ4n) is 1.09. The normalized spacial score (nSPS) is 10.1. The fourth-order valence-corrected chi connectivity index (χ4v) is 2.28. The first-order valence-corrected chi connectivity index (χ1v) is 6.30. The van der Waals surface area contributed by atoms with Gasteiger partial charge in [-0.2, -0.15) is 0 Å². The third kappa shape index (κ3) is 3.47. The predicted octanol–water partition coefficient (Wildman–Crippen LogP) is 3.97. The molecule has 15 heavy (non-hydrogen) atoms. The van der Waals surface area contributed by atoms with Crippen LogP contribution in [0.25, 0.3) is 0 Å². The molecule has 2 nitrogen and oxygen atoms in total. The van der Waals surface area contributed by atoms with E-state index in [0.717, 1.165) is 14.5 Å². The SMILES string of the molecule is CCOC(=O)Cc1c(Br)ccc(Br)c1Cl. The lowest BCUT2D eigenvalue weighted by Gasteiger charge is -2.08. The summed E-state index contributed by atoms with van der Waals surface area (Å²) in [5, 5.41) is 0.539. The lowest BCUT2D eigenvalue weighted by atomic mass is 10.1. The molecule has 5 heteroatoms. The van der Waals surface area contributed by atoms with Crippen molar-refractivity contribution in [3.63, 3.8) is 0 Å². The van der Waals surface area contributed by atoms with E-state index in [9.17, 15) is 4.79 Å². The quantitative estimate of drug-likeness (QED) is 0.605. The first-order valence-electron chi connectivity index (χ1n) is 4.34. The van der Waals surface area contributed by atoms with Crippen LogP contribution in [0.15, 0.2) is 21.1 Å². The summed E-state index contributed by atoms with van der Waals surface area (Å²) in [6.45, 7) is 2.15. The molecule has 1 rings (SSSR count). The Morgan fingerprint density at radius 2 is 2.00 bits per heavy atom. The van der Waals surface area contributed by atoms with Crippen LogP contribution in [-0.4, -0.2) is 12.6 Å². The Balaban J connectivity index is 2.93. The highest BCUT2D eigenvalue weighted by Gasteiger charge is 2.13. The molecule has 0 bridgehead atoms. The van der Waals surface area contributed by atoms with E-state index in [2.05, 4.69) is 31.9 Å². The molecular formula is C10H9Br2ClO2. The van der Waals surface area contributed by atoms with Gasteiger partial charge in [-0.25, -0.2) is 0 Å². The Morgan fingerprint density at radius 1 is 1.40 bits per heavy atom. The number of ether oxygens (including phenoxy) is 1. The maximum Gasteiger partial charge on any atom is 0.310 e. The Morgan fingerprint density at radius 3 is 2.60 bits per heavy atom. The zero-order chi connectivity index (χ0) is 11.4. The van der Waals surface area contributed by atoms with Crippen LogP contribution in [0.2, 0.25) is 5.02 Å². The molecule has 0 aliphatic heterocycles. The van der Waals surface area contributed by atoms with Crippen molar-refractivity contribution in [1.29, 1.82) is 0 Å². The largest absolute Gasteiger partial charge is 0.466 e. The molecule has 0 aliphatic rings. The highest BCUT2D eigenvalue weighted by molar-refractivity contribution is 9.11. The van der Waals surface area contributed by atoms with Crippen LogP contribution < -0.4 is 0 Å². The summed E-state index contributed by atoms with van der Waals surface area (Å²) in [4.78, 5) is 11.3. The van der Waals surface area contributed by atoms with Gasteiger partial charge in [0.25, 0.3) is 0 Å². The first kappa shape index (κ1) is 13.0. The summed E-state index contributed by atoms with van der Waals surface area (Å²) in [6.07, 6.45) is 0.173. The Hall–Kier alpha value is -0.0600. The van der Waals surface area contributed by atoms with Crippen molar-refractivity contribution >= 4 is 49.4 Å². The van der Waals surface area contributed by atoms with E-state index in [1.165, 1.54) is 0 Å². The summed E-state index contributed by atoms with van der Waals surface area (Å²) in [6, 6.07) is 3.66. The minimum absolute atomic E-state index is 0.173. The zero-order valence-electron chi connectivity index (χ0n) is 8.02. The van der Waals surface area contributed by atoms with E-state index < -0.39 is 0 Å². The number of hydrogen-bond donors (Lipinski definition) is 0. The fraction of sp³-hybridized carbons (Fsp3) is 0.300. The molecule has 0 aliphatic carbocycles. The second kappa shape index (κ2) is 5.87. The van der Waals surface area contributed by atoms with Crippen molar-refractivity contribution in [2.24, 2.45) is 0 Å². The number of benzene rings is 1. The predicted molar refractivity (Wildman–Crippen MR) is 67.2 cm³/mol. The lowest BCUT2D eigenvalue weighted by molar-refractivity contribution is -0.142. The number of carbonyl (C=O) groups excluding carboxylic acids is 1. The molecule has 0 amide bonds. The Kier molecular flexibility index (Phi) is 5.09. The van der Waals surface area contributed by atoms with Crippen molar-refractivity contribution in [2.75, 3.05) is 6.61 Å². The smallest absolute Gasteiger partial charge is 0.310 e. The molecule has 1 aromatic carbocycles. The van der Waals surface area contributed by atoms with Gasteiger partial charge >= 0.3 is 5.97 Å². The minimum atomic E-state index is -0.279. The van der Waals surface area contributed by atoms with Crippen LogP contribution in [0, 0.1) is 0 Å². The van der Waals surface area contributed by atoms with Gasteiger partial charge in [-0.15, -0.1) is 0 Å². The van der Waals surface area contributed by atoms with Crippen molar-refractivity contribution in [3.8, 4) is 0 Å². The molecule has 0 spiro atoms. The van der Waals surface area contributed by atoms with Gasteiger partial charge in [0.15, 0.2) is 0 Å². The maximum absolute atomic E-state index is 11.3. The van der Waals surface area contributed by atoms with Crippen LogP contribution in [0.4, 0.5) is 0 Å². The molecule has 0 unspecified atom stereocenters. The topological polar surface area (TPSA) is 26.3 Å². The van der Waals surface area contributed by atoms with Gasteiger partial charge in [0, 0.05) is 8.95 Å². The molecular weight excluding hydrogens is 347 g/mol. The number of hydrogen-bond acceptors (Lipinski definition) is 2. The van der Waals surface area contributed by atoms with E-state index in [4.69, 9.17) is 16.3 Å². The van der Waals surface area contributed by atoms with Gasteiger partial charge < -0.3 is 4.74 Å². The average molecular weight is 356 g/mol. The monoisotopic (exact) mass is 354 g/mol. The third-order valence-electron chi connectivity index (χ3n) is 1.77. The van der Waals surface area contributed by atoms with Crippen LogP contribution in [-0.2, 0) is 16.0 Å². The summed E-state index contributed by atoms with van der Waals surface area (Å²) >= 11 is 12.7. The molecule has 0 radical (unpaired) electrons. The molecule has 0 saturated heterocycles. The maximum atomic E-state index is 11.3. The van der Waals surface area contributed by atoms with Crippen LogP contribution in [0.5, 0.6) is 0 Å². The number of rotatable bonds is 3. The standard InChI is InChI=1S/C10H9Br2ClO2/c1-2-15-9(14)5-6-7(11)3-4-8(12)10(6)13/h3-4H,2,5H2,1H3. The lowest BCUT2D eigenvalue weighted by Crippen LogP contribution is -2.08. The number of carbonyl (C=O) groups is 1. The molecule has 0 atom stereocenters. The van der Waals surface area contributed by atoms with Crippen LogP contribution in [0.3, 0.4) is 0 Å². The Bertz CT molecular complexity index is 380. The zero-order valence-corrected chi connectivity index (χ0v) is 11.9. The number of esters is 1.